The van der Waals surface area contributed by atoms with Crippen LogP contribution in [0.2, 0.25) is 0 Å². The third kappa shape index (κ3) is 1.61. The van der Waals surface area contributed by atoms with Gasteiger partial charge < -0.3 is 9.80 Å². The van der Waals surface area contributed by atoms with Crippen LogP contribution in [0.1, 0.15) is 12.8 Å². The van der Waals surface area contributed by atoms with Crippen LogP contribution in [0.3, 0.4) is 0 Å². The first-order valence-electron chi connectivity index (χ1n) is 5.61. The maximum absolute atomic E-state index is 9.08. The summed E-state index contributed by atoms with van der Waals surface area (Å²) in [6, 6.07) is 4.54. The Morgan fingerprint density at radius 3 is 1.62 bits per heavy atom. The van der Waals surface area contributed by atoms with E-state index in [4.69, 9.17) is 10.5 Å². The van der Waals surface area contributed by atoms with Crippen LogP contribution in [0, 0.1) is 34.5 Å². The van der Waals surface area contributed by atoms with Crippen LogP contribution >= 0.6 is 0 Å². The van der Waals surface area contributed by atoms with E-state index in [0.717, 1.165) is 25.9 Å². The first-order valence-corrected chi connectivity index (χ1v) is 5.61. The number of likely N-dealkylation sites (N-methyl/N-ethyl adjacent to an activating group) is 2. The number of nitriles is 2. The van der Waals surface area contributed by atoms with Crippen molar-refractivity contribution in [3.05, 3.63) is 11.4 Å². The van der Waals surface area contributed by atoms with E-state index in [2.05, 4.69) is 36.0 Å². The highest BCUT2D eigenvalue weighted by Crippen LogP contribution is 2.37. The molecule has 0 amide bonds. The standard InChI is InChI=1S/C12H16N4/c1-15-3-4-16(2)12-6-10(8-14)9(7-13)5-11(12)15/h9-10H,3-6H2,1-2H3/t9-,10-/m1/s1. The Balaban J connectivity index is 2.33. The number of hydrogen-bond acceptors (Lipinski definition) is 4. The molecule has 0 aromatic rings. The van der Waals surface area contributed by atoms with Crippen molar-refractivity contribution in [1.82, 2.24) is 9.80 Å². The molecule has 0 saturated heterocycles. The van der Waals surface area contributed by atoms with Crippen molar-refractivity contribution in [2.75, 3.05) is 27.2 Å². The molecular weight excluding hydrogens is 200 g/mol. The third-order valence-electron chi connectivity index (χ3n) is 3.67. The summed E-state index contributed by atoms with van der Waals surface area (Å²) in [6.45, 7) is 2.01. The molecule has 1 aliphatic carbocycles. The van der Waals surface area contributed by atoms with Gasteiger partial charge >= 0.3 is 0 Å². The largest absolute Gasteiger partial charge is 0.375 e. The molecule has 0 fully saturated rings. The van der Waals surface area contributed by atoms with E-state index in [1.54, 1.807) is 0 Å². The molecule has 84 valence electrons. The summed E-state index contributed by atoms with van der Waals surface area (Å²) in [5.74, 6) is -0.282. The Kier molecular flexibility index (Phi) is 2.75. The minimum Gasteiger partial charge on any atom is -0.375 e. The number of rotatable bonds is 0. The minimum atomic E-state index is -0.141. The number of nitrogens with zero attached hydrogens (tertiary/aromatic N) is 4. The molecule has 0 aromatic carbocycles. The zero-order chi connectivity index (χ0) is 11.7. The summed E-state index contributed by atoms with van der Waals surface area (Å²) in [4.78, 5) is 4.46. The van der Waals surface area contributed by atoms with Gasteiger partial charge in [0.25, 0.3) is 0 Å². The van der Waals surface area contributed by atoms with Gasteiger partial charge in [-0.25, -0.2) is 0 Å². The maximum Gasteiger partial charge on any atom is 0.0680 e. The molecular formula is C12H16N4. The highest BCUT2D eigenvalue weighted by molar-refractivity contribution is 5.24. The summed E-state index contributed by atoms with van der Waals surface area (Å²) < 4.78 is 0. The second kappa shape index (κ2) is 4.06. The molecule has 0 aromatic heterocycles. The van der Waals surface area contributed by atoms with Gasteiger partial charge in [-0.3, -0.25) is 0 Å². The fraction of sp³-hybridized carbons (Fsp3) is 0.667. The van der Waals surface area contributed by atoms with Crippen LogP contribution in [-0.2, 0) is 0 Å². The molecule has 0 spiro atoms. The Morgan fingerprint density at radius 1 is 0.938 bits per heavy atom. The summed E-state index contributed by atoms with van der Waals surface area (Å²) in [5.41, 5.74) is 2.51. The van der Waals surface area contributed by atoms with Crippen molar-refractivity contribution < 1.29 is 0 Å². The Bertz CT molecular complexity index is 360. The molecule has 0 bridgehead atoms. The van der Waals surface area contributed by atoms with Crippen molar-refractivity contribution in [2.45, 2.75) is 12.8 Å². The smallest absolute Gasteiger partial charge is 0.0680 e. The molecule has 4 nitrogen and oxygen atoms in total. The topological polar surface area (TPSA) is 54.1 Å². The van der Waals surface area contributed by atoms with Gasteiger partial charge in [0.2, 0.25) is 0 Å². The van der Waals surface area contributed by atoms with Crippen LogP contribution in [0.4, 0.5) is 0 Å². The molecule has 2 aliphatic rings. The van der Waals surface area contributed by atoms with Crippen LogP contribution < -0.4 is 0 Å². The fourth-order valence-electron chi connectivity index (χ4n) is 2.53. The van der Waals surface area contributed by atoms with Crippen LogP contribution in [-0.4, -0.2) is 37.0 Å². The molecule has 4 heteroatoms. The van der Waals surface area contributed by atoms with Crippen LogP contribution in [0.25, 0.3) is 0 Å². The predicted octanol–water partition coefficient (Wildman–Crippen LogP) is 1.15. The first-order chi connectivity index (χ1) is 7.67. The minimum absolute atomic E-state index is 0.141. The number of allylic oxidation sites excluding steroid dienone is 2. The lowest BCUT2D eigenvalue weighted by atomic mass is 9.80. The zero-order valence-electron chi connectivity index (χ0n) is 9.77. The maximum atomic E-state index is 9.08. The van der Waals surface area contributed by atoms with E-state index in [1.807, 2.05) is 0 Å². The third-order valence-corrected chi connectivity index (χ3v) is 3.67. The Morgan fingerprint density at radius 2 is 1.31 bits per heavy atom. The summed E-state index contributed by atoms with van der Waals surface area (Å²) in [6.07, 6.45) is 1.45. The molecule has 0 saturated carbocycles. The molecule has 1 aliphatic heterocycles. The van der Waals surface area contributed by atoms with Crippen molar-refractivity contribution in [3.63, 3.8) is 0 Å². The van der Waals surface area contributed by atoms with E-state index in [-0.39, 0.29) is 11.8 Å². The van der Waals surface area contributed by atoms with E-state index < -0.39 is 0 Å². The van der Waals surface area contributed by atoms with Crippen molar-refractivity contribution in [3.8, 4) is 12.1 Å². The second-order valence-electron chi connectivity index (χ2n) is 4.62. The first kappa shape index (κ1) is 10.8. The highest BCUT2D eigenvalue weighted by atomic mass is 15.2. The monoisotopic (exact) mass is 216 g/mol. The molecule has 0 N–H and O–H groups in total. The van der Waals surface area contributed by atoms with Gasteiger partial charge in [0, 0.05) is 51.4 Å². The zero-order valence-corrected chi connectivity index (χ0v) is 9.77. The summed E-state index contributed by atoms with van der Waals surface area (Å²) in [5, 5.41) is 18.2. The van der Waals surface area contributed by atoms with Gasteiger partial charge in [0.15, 0.2) is 0 Å². The van der Waals surface area contributed by atoms with Gasteiger partial charge in [-0.1, -0.05) is 0 Å². The van der Waals surface area contributed by atoms with E-state index in [9.17, 15) is 0 Å². The average molecular weight is 216 g/mol. The molecule has 2 rings (SSSR count). The van der Waals surface area contributed by atoms with Crippen molar-refractivity contribution in [2.24, 2.45) is 11.8 Å². The molecule has 2 atom stereocenters. The Hall–Kier alpha value is -1.68. The molecule has 1 heterocycles. The van der Waals surface area contributed by atoms with Crippen LogP contribution in [0.5, 0.6) is 0 Å². The van der Waals surface area contributed by atoms with Gasteiger partial charge in [-0.05, 0) is 0 Å². The van der Waals surface area contributed by atoms with Crippen LogP contribution in [0.15, 0.2) is 11.4 Å². The predicted molar refractivity (Wildman–Crippen MR) is 59.7 cm³/mol. The fourth-order valence-corrected chi connectivity index (χ4v) is 2.53. The quantitative estimate of drug-likeness (QED) is 0.609. The summed E-state index contributed by atoms with van der Waals surface area (Å²) >= 11 is 0. The lowest BCUT2D eigenvalue weighted by molar-refractivity contribution is 0.222. The summed E-state index contributed by atoms with van der Waals surface area (Å²) in [7, 11) is 4.15. The normalized spacial score (nSPS) is 29.5. The molecule has 0 unspecified atom stereocenters. The van der Waals surface area contributed by atoms with Gasteiger partial charge in [-0.15, -0.1) is 0 Å². The SMILES string of the molecule is CN1CCN(C)C2=C1C[C@H](C#N)[C@@H](C#N)C2. The van der Waals surface area contributed by atoms with E-state index in [0.29, 0.717) is 0 Å². The van der Waals surface area contributed by atoms with Crippen molar-refractivity contribution >= 4 is 0 Å². The highest BCUT2D eigenvalue weighted by Gasteiger charge is 2.34. The van der Waals surface area contributed by atoms with Crippen molar-refractivity contribution in [1.29, 1.82) is 10.5 Å². The van der Waals surface area contributed by atoms with Gasteiger partial charge in [-0.2, -0.15) is 10.5 Å². The van der Waals surface area contributed by atoms with Gasteiger partial charge in [0.05, 0.1) is 24.0 Å². The molecule has 0 radical (unpaired) electrons. The second-order valence-corrected chi connectivity index (χ2v) is 4.62. The molecule has 16 heavy (non-hydrogen) atoms. The van der Waals surface area contributed by atoms with Gasteiger partial charge in [0.1, 0.15) is 0 Å². The van der Waals surface area contributed by atoms with E-state index in [1.165, 1.54) is 11.4 Å². The lowest BCUT2D eigenvalue weighted by Gasteiger charge is -2.41. The van der Waals surface area contributed by atoms with E-state index >= 15 is 0 Å². The lowest BCUT2D eigenvalue weighted by Crippen LogP contribution is -2.42. The Labute approximate surface area is 96.4 Å². The average Bonchev–Trinajstić information content (AvgIpc) is 2.32. The number of hydrogen-bond donors (Lipinski definition) is 0.